The molecule has 0 aliphatic carbocycles. The van der Waals surface area contributed by atoms with E-state index in [1.165, 1.54) is 0 Å². The summed E-state index contributed by atoms with van der Waals surface area (Å²) in [5.41, 5.74) is 2.81. The van der Waals surface area contributed by atoms with Gasteiger partial charge in [-0.15, -0.1) is 0 Å². The number of aryl methyl sites for hydroxylation is 1. The maximum Gasteiger partial charge on any atom is 0.252 e. The van der Waals surface area contributed by atoms with Crippen molar-refractivity contribution in [1.82, 2.24) is 19.7 Å². The van der Waals surface area contributed by atoms with E-state index in [9.17, 15) is 4.79 Å². The molecule has 2 aromatic heterocycles. The molecule has 0 spiro atoms. The third-order valence-corrected chi connectivity index (χ3v) is 4.47. The first-order chi connectivity index (χ1) is 13.2. The van der Waals surface area contributed by atoms with E-state index in [2.05, 4.69) is 27.0 Å². The number of fused-ring (bicyclic) bond motifs is 1. The molecule has 1 amide bonds. The topological polar surface area (TPSA) is 81.9 Å². The van der Waals surface area contributed by atoms with E-state index >= 15 is 0 Å². The number of rotatable bonds is 5. The van der Waals surface area contributed by atoms with Crippen LogP contribution in [-0.4, -0.2) is 32.3 Å². The summed E-state index contributed by atoms with van der Waals surface area (Å²) in [6, 6.07) is 9.53. The Morgan fingerprint density at radius 1 is 1.33 bits per heavy atom. The Morgan fingerprint density at radius 2 is 2.15 bits per heavy atom. The molecule has 7 nitrogen and oxygen atoms in total. The van der Waals surface area contributed by atoms with E-state index in [1.807, 2.05) is 31.2 Å². The van der Waals surface area contributed by atoms with Crippen LogP contribution in [0.15, 0.2) is 55.4 Å². The maximum absolute atomic E-state index is 12.4. The number of aromatic nitrogens is 4. The van der Waals surface area contributed by atoms with E-state index in [1.54, 1.807) is 29.2 Å². The first kappa shape index (κ1) is 17.0. The highest BCUT2D eigenvalue weighted by atomic mass is 16.5. The molecule has 4 rings (SSSR count). The van der Waals surface area contributed by atoms with Crippen LogP contribution >= 0.6 is 0 Å². The minimum atomic E-state index is -0.113. The predicted molar refractivity (Wildman–Crippen MR) is 101 cm³/mol. The largest absolute Gasteiger partial charge is 0.490 e. The summed E-state index contributed by atoms with van der Waals surface area (Å²) in [7, 11) is 0. The minimum Gasteiger partial charge on any atom is -0.490 e. The standard InChI is InChI=1S/C20H19N5O2/c1-3-10-27-15-7-4-6-14(11-15)16-12-17(26)23-19-18(16)13(2)24-25(19)20-21-8-5-9-22-20/h3-9,11,16H,1,10,12H2,2H3,(H,23,26). The van der Waals surface area contributed by atoms with Crippen molar-refractivity contribution in [3.63, 3.8) is 0 Å². The minimum absolute atomic E-state index is 0.0676. The van der Waals surface area contributed by atoms with Gasteiger partial charge < -0.3 is 10.1 Å². The van der Waals surface area contributed by atoms with Gasteiger partial charge in [0.15, 0.2) is 0 Å². The molecule has 1 aliphatic heterocycles. The maximum atomic E-state index is 12.4. The molecule has 0 radical (unpaired) electrons. The Morgan fingerprint density at radius 3 is 2.93 bits per heavy atom. The predicted octanol–water partition coefficient (Wildman–Crippen LogP) is 3.01. The van der Waals surface area contributed by atoms with Gasteiger partial charge in [0.25, 0.3) is 5.95 Å². The lowest BCUT2D eigenvalue weighted by atomic mass is 9.86. The Bertz CT molecular complexity index is 997. The van der Waals surface area contributed by atoms with Crippen LogP contribution in [0.5, 0.6) is 5.75 Å². The lowest BCUT2D eigenvalue weighted by molar-refractivity contribution is -0.116. The number of carbonyl (C=O) groups is 1. The highest BCUT2D eigenvalue weighted by molar-refractivity contribution is 5.95. The van der Waals surface area contributed by atoms with Gasteiger partial charge in [-0.1, -0.05) is 24.8 Å². The monoisotopic (exact) mass is 361 g/mol. The van der Waals surface area contributed by atoms with Gasteiger partial charge in [-0.3, -0.25) is 4.79 Å². The van der Waals surface area contributed by atoms with Gasteiger partial charge in [-0.05, 0) is 30.7 Å². The molecule has 1 N–H and O–H groups in total. The molecule has 1 unspecified atom stereocenters. The molecular formula is C20H19N5O2. The fourth-order valence-corrected chi connectivity index (χ4v) is 3.35. The van der Waals surface area contributed by atoms with Crippen molar-refractivity contribution in [2.75, 3.05) is 11.9 Å². The van der Waals surface area contributed by atoms with Crippen LogP contribution in [0.2, 0.25) is 0 Å². The number of ether oxygens (including phenoxy) is 1. The van der Waals surface area contributed by atoms with Crippen molar-refractivity contribution < 1.29 is 9.53 Å². The van der Waals surface area contributed by atoms with Gasteiger partial charge in [0, 0.05) is 30.3 Å². The summed E-state index contributed by atoms with van der Waals surface area (Å²) in [6.45, 7) is 6.03. The molecule has 3 aromatic rings. The molecule has 0 saturated heterocycles. The molecule has 0 saturated carbocycles. The van der Waals surface area contributed by atoms with E-state index in [0.29, 0.717) is 24.8 Å². The van der Waals surface area contributed by atoms with Crippen molar-refractivity contribution in [3.05, 3.63) is 72.2 Å². The van der Waals surface area contributed by atoms with Crippen LogP contribution in [0.4, 0.5) is 5.82 Å². The third-order valence-electron chi connectivity index (χ3n) is 4.47. The Labute approximate surface area is 156 Å². The summed E-state index contributed by atoms with van der Waals surface area (Å²) >= 11 is 0. The number of amides is 1. The number of hydrogen-bond donors (Lipinski definition) is 1. The molecule has 136 valence electrons. The van der Waals surface area contributed by atoms with Crippen LogP contribution in [0, 0.1) is 6.92 Å². The van der Waals surface area contributed by atoms with Crippen LogP contribution in [0.25, 0.3) is 5.95 Å². The second-order valence-electron chi connectivity index (χ2n) is 6.29. The van der Waals surface area contributed by atoms with Crippen LogP contribution in [0.3, 0.4) is 0 Å². The van der Waals surface area contributed by atoms with Crippen molar-refractivity contribution in [1.29, 1.82) is 0 Å². The average Bonchev–Trinajstić information content (AvgIpc) is 3.03. The molecule has 7 heteroatoms. The lowest BCUT2D eigenvalue weighted by Gasteiger charge is -2.24. The number of anilines is 1. The van der Waals surface area contributed by atoms with Crippen LogP contribution in [0.1, 0.15) is 29.2 Å². The zero-order chi connectivity index (χ0) is 18.8. The quantitative estimate of drug-likeness (QED) is 0.707. The van der Waals surface area contributed by atoms with Gasteiger partial charge in [-0.25, -0.2) is 9.97 Å². The first-order valence-electron chi connectivity index (χ1n) is 8.68. The number of carbonyl (C=O) groups excluding carboxylic acids is 1. The molecule has 27 heavy (non-hydrogen) atoms. The molecule has 0 fully saturated rings. The van der Waals surface area contributed by atoms with Crippen molar-refractivity contribution >= 4 is 11.7 Å². The molecule has 1 aromatic carbocycles. The molecule has 3 heterocycles. The molecule has 1 aliphatic rings. The fraction of sp³-hybridized carbons (Fsp3) is 0.200. The van der Waals surface area contributed by atoms with Gasteiger partial charge >= 0.3 is 0 Å². The zero-order valence-corrected chi connectivity index (χ0v) is 14.9. The summed E-state index contributed by atoms with van der Waals surface area (Å²) in [6.07, 6.45) is 5.34. The van der Waals surface area contributed by atoms with Gasteiger partial charge in [0.05, 0.1) is 5.69 Å². The highest BCUT2D eigenvalue weighted by Crippen LogP contribution is 2.40. The van der Waals surface area contributed by atoms with E-state index in [0.717, 1.165) is 22.6 Å². The Balaban J connectivity index is 1.79. The van der Waals surface area contributed by atoms with Crippen LogP contribution < -0.4 is 10.1 Å². The number of benzene rings is 1. The van der Waals surface area contributed by atoms with Crippen molar-refractivity contribution in [2.24, 2.45) is 0 Å². The summed E-state index contributed by atoms with van der Waals surface area (Å²) < 4.78 is 7.24. The molecule has 1 atom stereocenters. The van der Waals surface area contributed by atoms with Crippen molar-refractivity contribution in [2.45, 2.75) is 19.3 Å². The van der Waals surface area contributed by atoms with Crippen molar-refractivity contribution in [3.8, 4) is 11.7 Å². The fourth-order valence-electron chi connectivity index (χ4n) is 3.35. The van der Waals surface area contributed by atoms with E-state index in [-0.39, 0.29) is 11.8 Å². The summed E-state index contributed by atoms with van der Waals surface area (Å²) in [5, 5.41) is 7.51. The second-order valence-corrected chi connectivity index (χ2v) is 6.29. The van der Waals surface area contributed by atoms with Gasteiger partial charge in [0.1, 0.15) is 18.2 Å². The molecule has 0 bridgehead atoms. The van der Waals surface area contributed by atoms with E-state index in [4.69, 9.17) is 4.74 Å². The summed E-state index contributed by atoms with van der Waals surface area (Å²) in [4.78, 5) is 20.9. The highest BCUT2D eigenvalue weighted by Gasteiger charge is 2.33. The first-order valence-corrected chi connectivity index (χ1v) is 8.68. The normalized spacial score (nSPS) is 15.7. The SMILES string of the molecule is C=CCOc1cccc(C2CC(=O)Nc3c2c(C)nn3-c2ncccn2)c1. The van der Waals surface area contributed by atoms with Crippen LogP contribution in [-0.2, 0) is 4.79 Å². The lowest BCUT2D eigenvalue weighted by Crippen LogP contribution is -2.25. The third kappa shape index (κ3) is 3.19. The van der Waals surface area contributed by atoms with E-state index < -0.39 is 0 Å². The number of hydrogen-bond acceptors (Lipinski definition) is 5. The smallest absolute Gasteiger partial charge is 0.252 e. The Hall–Kier alpha value is -3.48. The van der Waals surface area contributed by atoms with Gasteiger partial charge in [0.2, 0.25) is 5.91 Å². The number of nitrogens with zero attached hydrogens (tertiary/aromatic N) is 4. The molecular weight excluding hydrogens is 342 g/mol. The summed E-state index contributed by atoms with van der Waals surface area (Å²) in [5.74, 6) is 1.61. The Kier molecular flexibility index (Phi) is 4.42. The average molecular weight is 361 g/mol. The second kappa shape index (κ2) is 7.03. The van der Waals surface area contributed by atoms with Gasteiger partial charge in [-0.2, -0.15) is 9.78 Å². The zero-order valence-electron chi connectivity index (χ0n) is 14.9. The number of nitrogens with one attached hydrogen (secondary N) is 1.